The molecule has 98 valence electrons. The number of rotatable bonds is 5. The van der Waals surface area contributed by atoms with Gasteiger partial charge in [0.1, 0.15) is 12.4 Å². The molecule has 0 aliphatic carbocycles. The third-order valence-corrected chi connectivity index (χ3v) is 2.52. The average Bonchev–Trinajstić information content (AvgIpc) is 2.45. The summed E-state index contributed by atoms with van der Waals surface area (Å²) in [5, 5.41) is 13.6. The van der Waals surface area contributed by atoms with Crippen LogP contribution in [0.15, 0.2) is 42.6 Å². The van der Waals surface area contributed by atoms with Crippen LogP contribution >= 0.6 is 0 Å². The molecule has 2 rings (SSSR count). The molecule has 0 aliphatic heterocycles. The number of hydrogen-bond acceptors (Lipinski definition) is 5. The molecule has 19 heavy (non-hydrogen) atoms. The fraction of sp³-hybridized carbons (Fsp3) is 0.154. The normalized spacial score (nSPS) is 9.95. The van der Waals surface area contributed by atoms with Crippen molar-refractivity contribution in [3.05, 3.63) is 58.4 Å². The Kier molecular flexibility index (Phi) is 3.92. The molecule has 0 atom stereocenters. The first kappa shape index (κ1) is 12.8. The summed E-state index contributed by atoms with van der Waals surface area (Å²) in [6, 6.07) is 9.78. The lowest BCUT2D eigenvalue weighted by Gasteiger charge is -2.06. The predicted molar refractivity (Wildman–Crippen MR) is 71.2 cm³/mol. The zero-order chi connectivity index (χ0) is 13.7. The van der Waals surface area contributed by atoms with E-state index in [1.54, 1.807) is 18.3 Å². The molecule has 6 heteroatoms. The van der Waals surface area contributed by atoms with Gasteiger partial charge in [-0.2, -0.15) is 0 Å². The molecule has 0 fully saturated rings. The van der Waals surface area contributed by atoms with Crippen LogP contribution in [0.1, 0.15) is 5.69 Å². The number of ether oxygens (including phenoxy) is 1. The molecule has 1 N–H and O–H groups in total. The number of nitrogens with zero attached hydrogens (tertiary/aromatic N) is 2. The highest BCUT2D eigenvalue weighted by atomic mass is 16.6. The van der Waals surface area contributed by atoms with Gasteiger partial charge in [-0.25, -0.2) is 0 Å². The molecule has 0 aliphatic rings. The number of benzene rings is 1. The number of nitrogens with one attached hydrogen (secondary N) is 1. The lowest BCUT2D eigenvalue weighted by atomic mass is 10.3. The second-order valence-electron chi connectivity index (χ2n) is 3.83. The Morgan fingerprint density at radius 3 is 2.95 bits per heavy atom. The van der Waals surface area contributed by atoms with E-state index in [1.807, 2.05) is 19.2 Å². The number of hydrogen-bond donors (Lipinski definition) is 1. The van der Waals surface area contributed by atoms with E-state index in [0.717, 1.165) is 11.4 Å². The van der Waals surface area contributed by atoms with Gasteiger partial charge < -0.3 is 10.1 Å². The van der Waals surface area contributed by atoms with Crippen molar-refractivity contribution in [1.82, 2.24) is 4.98 Å². The van der Waals surface area contributed by atoms with Crippen molar-refractivity contribution in [3.63, 3.8) is 0 Å². The molecule has 1 aromatic heterocycles. The third kappa shape index (κ3) is 3.41. The smallest absolute Gasteiger partial charge is 0.273 e. The Morgan fingerprint density at radius 1 is 1.37 bits per heavy atom. The Labute approximate surface area is 110 Å². The van der Waals surface area contributed by atoms with Crippen LogP contribution in [-0.4, -0.2) is 17.0 Å². The zero-order valence-corrected chi connectivity index (χ0v) is 10.4. The van der Waals surface area contributed by atoms with Crippen molar-refractivity contribution in [2.45, 2.75) is 6.61 Å². The molecule has 0 spiro atoms. The lowest BCUT2D eigenvalue weighted by Crippen LogP contribution is -2.00. The van der Waals surface area contributed by atoms with Gasteiger partial charge in [0.05, 0.1) is 16.7 Å². The van der Waals surface area contributed by atoms with Gasteiger partial charge in [0, 0.05) is 25.0 Å². The number of nitro benzene ring substituents is 1. The van der Waals surface area contributed by atoms with Gasteiger partial charge in [-0.1, -0.05) is 6.07 Å². The van der Waals surface area contributed by atoms with Gasteiger partial charge in [0.2, 0.25) is 0 Å². The summed E-state index contributed by atoms with van der Waals surface area (Å²) < 4.78 is 5.49. The number of aromatic nitrogens is 1. The number of pyridine rings is 1. The van der Waals surface area contributed by atoms with E-state index in [9.17, 15) is 10.1 Å². The molecule has 2 aromatic rings. The maximum Gasteiger partial charge on any atom is 0.273 e. The van der Waals surface area contributed by atoms with Crippen LogP contribution < -0.4 is 10.1 Å². The first-order valence-electron chi connectivity index (χ1n) is 5.69. The average molecular weight is 259 g/mol. The molecule has 0 amide bonds. The summed E-state index contributed by atoms with van der Waals surface area (Å²) in [7, 11) is 1.82. The SMILES string of the molecule is CNc1ccnc(COc2cccc([N+](=O)[O-])c2)c1. The Balaban J connectivity index is 2.05. The minimum atomic E-state index is -0.452. The van der Waals surface area contributed by atoms with Gasteiger partial charge in [-0.3, -0.25) is 15.1 Å². The largest absolute Gasteiger partial charge is 0.487 e. The lowest BCUT2D eigenvalue weighted by molar-refractivity contribution is -0.384. The van der Waals surface area contributed by atoms with E-state index in [2.05, 4.69) is 10.3 Å². The summed E-state index contributed by atoms with van der Waals surface area (Å²) in [6.07, 6.45) is 1.68. The van der Waals surface area contributed by atoms with Gasteiger partial charge in [0.15, 0.2) is 0 Å². The van der Waals surface area contributed by atoms with Gasteiger partial charge in [-0.05, 0) is 18.2 Å². The van der Waals surface area contributed by atoms with E-state index in [-0.39, 0.29) is 12.3 Å². The highest BCUT2D eigenvalue weighted by molar-refractivity contribution is 5.42. The zero-order valence-electron chi connectivity index (χ0n) is 10.4. The van der Waals surface area contributed by atoms with Gasteiger partial charge in [-0.15, -0.1) is 0 Å². The van der Waals surface area contributed by atoms with E-state index < -0.39 is 4.92 Å². The number of nitro groups is 1. The van der Waals surface area contributed by atoms with E-state index in [1.165, 1.54) is 12.1 Å². The third-order valence-electron chi connectivity index (χ3n) is 2.52. The summed E-state index contributed by atoms with van der Waals surface area (Å²) >= 11 is 0. The van der Waals surface area contributed by atoms with Crippen molar-refractivity contribution < 1.29 is 9.66 Å². The quantitative estimate of drug-likeness (QED) is 0.659. The topological polar surface area (TPSA) is 77.3 Å². The second-order valence-corrected chi connectivity index (χ2v) is 3.83. The Morgan fingerprint density at radius 2 is 2.21 bits per heavy atom. The van der Waals surface area contributed by atoms with E-state index in [4.69, 9.17) is 4.74 Å². The van der Waals surface area contributed by atoms with E-state index in [0.29, 0.717) is 5.75 Å². The number of anilines is 1. The fourth-order valence-electron chi connectivity index (χ4n) is 1.56. The minimum Gasteiger partial charge on any atom is -0.487 e. The molecule has 6 nitrogen and oxygen atoms in total. The molecule has 1 aromatic carbocycles. The monoisotopic (exact) mass is 259 g/mol. The summed E-state index contributed by atoms with van der Waals surface area (Å²) in [4.78, 5) is 14.3. The second kappa shape index (κ2) is 5.81. The Bertz CT molecular complexity index is 587. The van der Waals surface area contributed by atoms with Gasteiger partial charge >= 0.3 is 0 Å². The van der Waals surface area contributed by atoms with Crippen LogP contribution in [0.2, 0.25) is 0 Å². The highest BCUT2D eigenvalue weighted by Crippen LogP contribution is 2.20. The first-order chi connectivity index (χ1) is 9.19. The Hall–Kier alpha value is -2.63. The molecule has 0 saturated heterocycles. The van der Waals surface area contributed by atoms with Crippen LogP contribution in [0.25, 0.3) is 0 Å². The molecule has 0 saturated carbocycles. The maximum absolute atomic E-state index is 10.6. The van der Waals surface area contributed by atoms with Crippen LogP contribution in [0.5, 0.6) is 5.75 Å². The minimum absolute atomic E-state index is 0.00874. The highest BCUT2D eigenvalue weighted by Gasteiger charge is 2.06. The van der Waals surface area contributed by atoms with Crippen LogP contribution in [0, 0.1) is 10.1 Å². The fourth-order valence-corrected chi connectivity index (χ4v) is 1.56. The number of non-ortho nitro benzene ring substituents is 1. The molecule has 1 heterocycles. The molecular formula is C13H13N3O3. The van der Waals surface area contributed by atoms with Crippen molar-refractivity contribution in [3.8, 4) is 5.75 Å². The first-order valence-corrected chi connectivity index (χ1v) is 5.69. The standard InChI is InChI=1S/C13H13N3O3/c1-14-10-5-6-15-11(7-10)9-19-13-4-2-3-12(8-13)16(17)18/h2-8H,9H2,1H3,(H,14,15). The van der Waals surface area contributed by atoms with Crippen molar-refractivity contribution in [2.24, 2.45) is 0 Å². The molecule has 0 unspecified atom stereocenters. The van der Waals surface area contributed by atoms with Crippen LogP contribution in [-0.2, 0) is 6.61 Å². The van der Waals surface area contributed by atoms with Crippen LogP contribution in [0.4, 0.5) is 11.4 Å². The predicted octanol–water partition coefficient (Wildman–Crippen LogP) is 2.61. The van der Waals surface area contributed by atoms with Crippen molar-refractivity contribution in [2.75, 3.05) is 12.4 Å². The molecular weight excluding hydrogens is 246 g/mol. The van der Waals surface area contributed by atoms with Crippen molar-refractivity contribution in [1.29, 1.82) is 0 Å². The summed E-state index contributed by atoms with van der Waals surface area (Å²) in [5.41, 5.74) is 1.69. The maximum atomic E-state index is 10.6. The van der Waals surface area contributed by atoms with Gasteiger partial charge in [0.25, 0.3) is 5.69 Å². The summed E-state index contributed by atoms with van der Waals surface area (Å²) in [6.45, 7) is 0.261. The van der Waals surface area contributed by atoms with E-state index >= 15 is 0 Å². The molecule has 0 radical (unpaired) electrons. The molecule has 0 bridgehead atoms. The summed E-state index contributed by atoms with van der Waals surface area (Å²) in [5.74, 6) is 0.450. The van der Waals surface area contributed by atoms with Crippen molar-refractivity contribution >= 4 is 11.4 Å². The van der Waals surface area contributed by atoms with Crippen LogP contribution in [0.3, 0.4) is 0 Å².